The molecule has 1 aliphatic rings. The average molecular weight is 205 g/mol. The predicted octanol–water partition coefficient (Wildman–Crippen LogP) is 2.25. The Bertz CT molecular complexity index is 330. The molecule has 1 fully saturated rings. The number of piperidine rings is 1. The van der Waals surface area contributed by atoms with Crippen LogP contribution in [0.25, 0.3) is 0 Å². The first-order chi connectivity index (χ1) is 7.31. The fourth-order valence-electron chi connectivity index (χ4n) is 2.19. The third kappa shape index (κ3) is 2.29. The molecule has 0 saturated carbocycles. The molecule has 3 heteroatoms. The third-order valence-corrected chi connectivity index (χ3v) is 3.05. The van der Waals surface area contributed by atoms with Gasteiger partial charge in [0.2, 0.25) is 0 Å². The van der Waals surface area contributed by atoms with Crippen LogP contribution in [0.4, 0.5) is 5.82 Å². The second-order valence-electron chi connectivity index (χ2n) is 4.19. The number of nitrogens with one attached hydrogen (secondary N) is 2. The fraction of sp³-hybridized carbons (Fsp3) is 0.583. The van der Waals surface area contributed by atoms with Crippen LogP contribution in [0.3, 0.4) is 0 Å². The van der Waals surface area contributed by atoms with Crippen molar-refractivity contribution < 1.29 is 0 Å². The molecule has 82 valence electrons. The van der Waals surface area contributed by atoms with E-state index in [1.54, 1.807) is 0 Å². The lowest BCUT2D eigenvalue weighted by Crippen LogP contribution is -2.26. The Morgan fingerprint density at radius 2 is 2.33 bits per heavy atom. The van der Waals surface area contributed by atoms with Crippen molar-refractivity contribution in [3.05, 3.63) is 23.4 Å². The summed E-state index contributed by atoms with van der Waals surface area (Å²) in [6.07, 6.45) is 5.85. The van der Waals surface area contributed by atoms with Crippen LogP contribution < -0.4 is 10.6 Å². The Morgan fingerprint density at radius 1 is 1.47 bits per heavy atom. The quantitative estimate of drug-likeness (QED) is 0.777. The van der Waals surface area contributed by atoms with E-state index in [-0.39, 0.29) is 0 Å². The minimum absolute atomic E-state index is 0.510. The SMILES string of the molecule is CNc1ncc(C2CCCCN2)cc1C. The van der Waals surface area contributed by atoms with E-state index in [2.05, 4.69) is 28.6 Å². The lowest BCUT2D eigenvalue weighted by atomic mass is 9.98. The molecule has 1 saturated heterocycles. The van der Waals surface area contributed by atoms with Gasteiger partial charge < -0.3 is 10.6 Å². The summed E-state index contributed by atoms with van der Waals surface area (Å²) in [6, 6.07) is 2.75. The molecule has 2 heterocycles. The maximum atomic E-state index is 4.42. The highest BCUT2D eigenvalue weighted by atomic mass is 15.0. The molecule has 2 rings (SSSR count). The van der Waals surface area contributed by atoms with E-state index >= 15 is 0 Å². The molecule has 1 atom stereocenters. The van der Waals surface area contributed by atoms with Crippen LogP contribution in [-0.2, 0) is 0 Å². The molecule has 0 spiro atoms. The molecule has 0 radical (unpaired) electrons. The molecule has 15 heavy (non-hydrogen) atoms. The number of anilines is 1. The second kappa shape index (κ2) is 4.62. The minimum atomic E-state index is 0.510. The zero-order valence-electron chi connectivity index (χ0n) is 9.51. The molecule has 2 N–H and O–H groups in total. The van der Waals surface area contributed by atoms with E-state index in [9.17, 15) is 0 Å². The Balaban J connectivity index is 2.17. The van der Waals surface area contributed by atoms with Crippen molar-refractivity contribution in [1.82, 2.24) is 10.3 Å². The standard InChI is InChI=1S/C12H19N3/c1-9-7-10(8-15-12(9)13-2)11-5-3-4-6-14-11/h7-8,11,14H,3-6H2,1-2H3,(H,13,15). The molecule has 1 aliphatic heterocycles. The summed E-state index contributed by atoms with van der Waals surface area (Å²) in [5.41, 5.74) is 2.55. The van der Waals surface area contributed by atoms with Crippen molar-refractivity contribution in [3.63, 3.8) is 0 Å². The Kier molecular flexibility index (Phi) is 3.21. The Labute approximate surface area is 91.3 Å². The molecule has 3 nitrogen and oxygen atoms in total. The number of rotatable bonds is 2. The third-order valence-electron chi connectivity index (χ3n) is 3.05. The molecular weight excluding hydrogens is 186 g/mol. The largest absolute Gasteiger partial charge is 0.373 e. The van der Waals surface area contributed by atoms with Gasteiger partial charge >= 0.3 is 0 Å². The van der Waals surface area contributed by atoms with Crippen molar-refractivity contribution in [2.45, 2.75) is 32.2 Å². The van der Waals surface area contributed by atoms with Crippen molar-refractivity contribution in [3.8, 4) is 0 Å². The summed E-state index contributed by atoms with van der Waals surface area (Å²) < 4.78 is 0. The van der Waals surface area contributed by atoms with E-state index in [1.165, 1.54) is 30.4 Å². The minimum Gasteiger partial charge on any atom is -0.373 e. The van der Waals surface area contributed by atoms with Gasteiger partial charge in [0, 0.05) is 19.3 Å². The van der Waals surface area contributed by atoms with Gasteiger partial charge in [-0.15, -0.1) is 0 Å². The van der Waals surface area contributed by atoms with Gasteiger partial charge in [-0.25, -0.2) is 4.98 Å². The molecule has 0 aromatic carbocycles. The zero-order valence-corrected chi connectivity index (χ0v) is 9.51. The van der Waals surface area contributed by atoms with E-state index in [4.69, 9.17) is 0 Å². The van der Waals surface area contributed by atoms with Crippen LogP contribution in [-0.4, -0.2) is 18.6 Å². The summed E-state index contributed by atoms with van der Waals surface area (Å²) in [5, 5.41) is 6.63. The predicted molar refractivity (Wildman–Crippen MR) is 63.1 cm³/mol. The molecule has 0 aliphatic carbocycles. The van der Waals surface area contributed by atoms with Gasteiger partial charge in [0.15, 0.2) is 0 Å². The molecule has 0 bridgehead atoms. The van der Waals surface area contributed by atoms with Gasteiger partial charge in [0.1, 0.15) is 5.82 Å². The van der Waals surface area contributed by atoms with Crippen molar-refractivity contribution >= 4 is 5.82 Å². The summed E-state index contributed by atoms with van der Waals surface area (Å²) in [6.45, 7) is 3.24. The first-order valence-corrected chi connectivity index (χ1v) is 5.69. The summed E-state index contributed by atoms with van der Waals surface area (Å²) in [4.78, 5) is 4.42. The van der Waals surface area contributed by atoms with Crippen molar-refractivity contribution in [2.75, 3.05) is 18.9 Å². The van der Waals surface area contributed by atoms with E-state index in [0.717, 1.165) is 12.4 Å². The molecule has 0 amide bonds. The first-order valence-electron chi connectivity index (χ1n) is 5.69. The van der Waals surface area contributed by atoms with E-state index in [1.807, 2.05) is 13.2 Å². The van der Waals surface area contributed by atoms with Gasteiger partial charge in [-0.1, -0.05) is 6.42 Å². The zero-order chi connectivity index (χ0) is 10.7. The van der Waals surface area contributed by atoms with Crippen molar-refractivity contribution in [2.24, 2.45) is 0 Å². The number of aromatic nitrogens is 1. The summed E-state index contributed by atoms with van der Waals surface area (Å²) >= 11 is 0. The highest BCUT2D eigenvalue weighted by molar-refractivity contribution is 5.44. The average Bonchev–Trinajstić information content (AvgIpc) is 2.30. The topological polar surface area (TPSA) is 37.0 Å². The molecule has 1 aromatic heterocycles. The number of pyridine rings is 1. The molecule has 1 unspecified atom stereocenters. The van der Waals surface area contributed by atoms with E-state index < -0.39 is 0 Å². The normalized spacial score (nSPS) is 21.3. The highest BCUT2D eigenvalue weighted by Gasteiger charge is 2.15. The smallest absolute Gasteiger partial charge is 0.128 e. The summed E-state index contributed by atoms with van der Waals surface area (Å²) in [5.74, 6) is 0.981. The van der Waals surface area contributed by atoms with Gasteiger partial charge in [0.25, 0.3) is 0 Å². The van der Waals surface area contributed by atoms with Crippen LogP contribution in [0, 0.1) is 6.92 Å². The van der Waals surface area contributed by atoms with Crippen LogP contribution in [0.1, 0.15) is 36.4 Å². The lowest BCUT2D eigenvalue weighted by Gasteiger charge is -2.24. The van der Waals surface area contributed by atoms with Gasteiger partial charge in [-0.3, -0.25) is 0 Å². The molecule has 1 aromatic rings. The molecular formula is C12H19N3. The van der Waals surface area contributed by atoms with Crippen LogP contribution >= 0.6 is 0 Å². The van der Waals surface area contributed by atoms with Crippen LogP contribution in [0.2, 0.25) is 0 Å². The van der Waals surface area contributed by atoms with Crippen LogP contribution in [0.15, 0.2) is 12.3 Å². The second-order valence-corrected chi connectivity index (χ2v) is 4.19. The number of hydrogen-bond donors (Lipinski definition) is 2. The number of hydrogen-bond acceptors (Lipinski definition) is 3. The van der Waals surface area contributed by atoms with Crippen molar-refractivity contribution in [1.29, 1.82) is 0 Å². The van der Waals surface area contributed by atoms with Crippen LogP contribution in [0.5, 0.6) is 0 Å². The van der Waals surface area contributed by atoms with Gasteiger partial charge in [-0.05, 0) is 43.5 Å². The fourth-order valence-corrected chi connectivity index (χ4v) is 2.19. The monoisotopic (exact) mass is 205 g/mol. The Morgan fingerprint density at radius 3 is 2.93 bits per heavy atom. The highest BCUT2D eigenvalue weighted by Crippen LogP contribution is 2.24. The summed E-state index contributed by atoms with van der Waals surface area (Å²) in [7, 11) is 1.91. The maximum absolute atomic E-state index is 4.42. The lowest BCUT2D eigenvalue weighted by molar-refractivity contribution is 0.411. The van der Waals surface area contributed by atoms with Gasteiger partial charge in [0.05, 0.1) is 0 Å². The first kappa shape index (κ1) is 10.4. The maximum Gasteiger partial charge on any atom is 0.128 e. The number of aryl methyl sites for hydroxylation is 1. The van der Waals surface area contributed by atoms with E-state index in [0.29, 0.717) is 6.04 Å². The number of nitrogens with zero attached hydrogens (tertiary/aromatic N) is 1. The van der Waals surface area contributed by atoms with Gasteiger partial charge in [-0.2, -0.15) is 0 Å². The Hall–Kier alpha value is -1.09.